The highest BCUT2D eigenvalue weighted by molar-refractivity contribution is 8.02. The molecule has 3 aromatic rings. The average Bonchev–Trinajstić information content (AvgIpc) is 3.16. The summed E-state index contributed by atoms with van der Waals surface area (Å²) in [5, 5.41) is 16.0. The van der Waals surface area contributed by atoms with Gasteiger partial charge < -0.3 is 15.4 Å². The number of nitrogens with one attached hydrogen (secondary N) is 3. The second-order valence-electron chi connectivity index (χ2n) is 5.77. The van der Waals surface area contributed by atoms with Gasteiger partial charge in [0.05, 0.1) is 5.25 Å². The molecule has 1 aromatic heterocycles. The fourth-order valence-electron chi connectivity index (χ4n) is 2.14. The second kappa shape index (κ2) is 9.89. The summed E-state index contributed by atoms with van der Waals surface area (Å²) < 4.78 is 6.39. The summed E-state index contributed by atoms with van der Waals surface area (Å²) >= 11 is 2.55. The first-order valence-corrected chi connectivity index (χ1v) is 10.4. The van der Waals surface area contributed by atoms with Gasteiger partial charge in [0, 0.05) is 12.7 Å². The minimum Gasteiger partial charge on any atom is -0.457 e. The van der Waals surface area contributed by atoms with Crippen LogP contribution in [0.4, 0.5) is 15.6 Å². The number of urea groups is 1. The summed E-state index contributed by atoms with van der Waals surface area (Å²) in [6.07, 6.45) is 0. The number of hydrogen-bond acceptors (Lipinski definition) is 8. The van der Waals surface area contributed by atoms with Gasteiger partial charge in [-0.3, -0.25) is 10.1 Å². The van der Waals surface area contributed by atoms with Crippen molar-refractivity contribution in [2.24, 2.45) is 0 Å². The van der Waals surface area contributed by atoms with Crippen LogP contribution in [0.3, 0.4) is 0 Å². The number of rotatable bonds is 7. The molecule has 2 aromatic carbocycles. The normalized spacial score (nSPS) is 11.4. The Morgan fingerprint density at radius 3 is 2.41 bits per heavy atom. The van der Waals surface area contributed by atoms with Crippen LogP contribution in [-0.2, 0) is 4.79 Å². The van der Waals surface area contributed by atoms with E-state index in [9.17, 15) is 9.59 Å². The zero-order valence-corrected chi connectivity index (χ0v) is 17.3. The van der Waals surface area contributed by atoms with Crippen molar-refractivity contribution >= 4 is 45.9 Å². The van der Waals surface area contributed by atoms with Gasteiger partial charge in [-0.2, -0.15) is 0 Å². The molecule has 0 fully saturated rings. The van der Waals surface area contributed by atoms with Gasteiger partial charge >= 0.3 is 6.03 Å². The van der Waals surface area contributed by atoms with E-state index in [1.165, 1.54) is 30.1 Å². The number of nitrogens with zero attached hydrogens (tertiary/aromatic N) is 2. The molecule has 3 rings (SSSR count). The smallest absolute Gasteiger partial charge is 0.321 e. The number of amides is 3. The van der Waals surface area contributed by atoms with Gasteiger partial charge in [0.25, 0.3) is 0 Å². The summed E-state index contributed by atoms with van der Waals surface area (Å²) in [7, 11) is 1.45. The summed E-state index contributed by atoms with van der Waals surface area (Å²) in [5.74, 6) is 1.10. The van der Waals surface area contributed by atoms with Gasteiger partial charge in [-0.25, -0.2) is 4.79 Å². The lowest BCUT2D eigenvalue weighted by Gasteiger charge is -2.08. The molecule has 29 heavy (non-hydrogen) atoms. The van der Waals surface area contributed by atoms with Gasteiger partial charge in [0.15, 0.2) is 4.34 Å². The third-order valence-corrected chi connectivity index (χ3v) is 5.62. The van der Waals surface area contributed by atoms with Crippen LogP contribution in [0.5, 0.6) is 11.5 Å². The van der Waals surface area contributed by atoms with E-state index < -0.39 is 17.2 Å². The number of para-hydroxylation sites is 1. The lowest BCUT2D eigenvalue weighted by Crippen LogP contribution is -2.41. The van der Waals surface area contributed by atoms with Crippen molar-refractivity contribution in [2.75, 3.05) is 12.4 Å². The molecule has 1 heterocycles. The van der Waals surface area contributed by atoms with Crippen LogP contribution in [0.15, 0.2) is 58.9 Å². The molecule has 0 aliphatic carbocycles. The molecule has 10 heteroatoms. The molecule has 3 amide bonds. The molecule has 3 N–H and O–H groups in total. The number of anilines is 2. The van der Waals surface area contributed by atoms with E-state index >= 15 is 0 Å². The maximum atomic E-state index is 11.9. The van der Waals surface area contributed by atoms with E-state index in [4.69, 9.17) is 4.74 Å². The predicted octanol–water partition coefficient (Wildman–Crippen LogP) is 4.01. The lowest BCUT2D eigenvalue weighted by molar-refractivity contribution is -0.119. The van der Waals surface area contributed by atoms with Gasteiger partial charge in [0.2, 0.25) is 11.0 Å². The van der Waals surface area contributed by atoms with Crippen LogP contribution in [0.2, 0.25) is 0 Å². The van der Waals surface area contributed by atoms with Gasteiger partial charge in [-0.15, -0.1) is 10.2 Å². The monoisotopic (exact) mass is 429 g/mol. The molecule has 8 nitrogen and oxygen atoms in total. The minimum absolute atomic E-state index is 0.395. The zero-order chi connectivity index (χ0) is 20.6. The van der Waals surface area contributed by atoms with Crippen LogP contribution in [0, 0.1) is 0 Å². The molecule has 0 unspecified atom stereocenters. The van der Waals surface area contributed by atoms with Gasteiger partial charge in [-0.05, 0) is 43.3 Å². The summed E-state index contributed by atoms with van der Waals surface area (Å²) in [4.78, 5) is 23.1. The maximum Gasteiger partial charge on any atom is 0.321 e. The van der Waals surface area contributed by atoms with Crippen molar-refractivity contribution in [2.45, 2.75) is 16.5 Å². The minimum atomic E-state index is -0.540. The molecule has 0 spiro atoms. The fraction of sp³-hybridized carbons (Fsp3) is 0.158. The number of thioether (sulfide) groups is 1. The first-order valence-electron chi connectivity index (χ1n) is 8.66. The highest BCUT2D eigenvalue weighted by Crippen LogP contribution is 2.31. The van der Waals surface area contributed by atoms with Crippen LogP contribution in [-0.4, -0.2) is 34.4 Å². The van der Waals surface area contributed by atoms with Crippen molar-refractivity contribution in [1.82, 2.24) is 20.8 Å². The SMILES string of the molecule is CNC(=O)NC(=O)[C@H](C)Sc1nnc(Nc2ccc(Oc3ccccc3)cc2)s1. The highest BCUT2D eigenvalue weighted by Gasteiger charge is 2.18. The number of carbonyl (C=O) groups excluding carboxylic acids is 2. The molecular formula is C19H19N5O3S2. The first kappa shape index (κ1) is 20.6. The van der Waals surface area contributed by atoms with Crippen molar-refractivity contribution < 1.29 is 14.3 Å². The molecule has 0 bridgehead atoms. The molecule has 150 valence electrons. The van der Waals surface area contributed by atoms with E-state index in [1.807, 2.05) is 54.6 Å². The van der Waals surface area contributed by atoms with Crippen molar-refractivity contribution in [1.29, 1.82) is 0 Å². The van der Waals surface area contributed by atoms with Crippen molar-refractivity contribution in [3.05, 3.63) is 54.6 Å². The Morgan fingerprint density at radius 2 is 1.72 bits per heavy atom. The maximum absolute atomic E-state index is 11.9. The van der Waals surface area contributed by atoms with Crippen LogP contribution in [0.1, 0.15) is 6.92 Å². The Balaban J connectivity index is 1.54. The Morgan fingerprint density at radius 1 is 1.03 bits per heavy atom. The van der Waals surface area contributed by atoms with Crippen molar-refractivity contribution in [3.63, 3.8) is 0 Å². The third kappa shape index (κ3) is 6.19. The topological polar surface area (TPSA) is 105 Å². The zero-order valence-electron chi connectivity index (χ0n) is 15.7. The van der Waals surface area contributed by atoms with E-state index in [2.05, 4.69) is 26.1 Å². The lowest BCUT2D eigenvalue weighted by atomic mass is 10.3. The Hall–Kier alpha value is -3.11. The quantitative estimate of drug-likeness (QED) is 0.487. The molecule has 0 saturated heterocycles. The Kier molecular flexibility index (Phi) is 7.04. The first-order chi connectivity index (χ1) is 14.0. The van der Waals surface area contributed by atoms with E-state index in [1.54, 1.807) is 6.92 Å². The number of hydrogen-bond donors (Lipinski definition) is 3. The molecule has 0 saturated carbocycles. The standard InChI is InChI=1S/C19H19N5O3S2/c1-12(16(25)22-17(26)20-2)28-19-24-23-18(29-19)21-13-8-10-15(11-9-13)27-14-6-4-3-5-7-14/h3-12H,1-2H3,(H,21,23)(H2,20,22,25,26)/t12-/m0/s1. The third-order valence-electron chi connectivity index (χ3n) is 3.60. The molecule has 0 radical (unpaired) electrons. The number of carbonyl (C=O) groups is 2. The van der Waals surface area contributed by atoms with Gasteiger partial charge in [0.1, 0.15) is 11.5 Å². The number of ether oxygens (including phenoxy) is 1. The Labute approximate surface area is 176 Å². The van der Waals surface area contributed by atoms with E-state index in [0.717, 1.165) is 17.2 Å². The van der Waals surface area contributed by atoms with Crippen LogP contribution < -0.4 is 20.7 Å². The van der Waals surface area contributed by atoms with Gasteiger partial charge in [-0.1, -0.05) is 41.3 Å². The molecule has 0 aliphatic heterocycles. The van der Waals surface area contributed by atoms with Crippen LogP contribution >= 0.6 is 23.1 Å². The number of imide groups is 1. The number of benzene rings is 2. The Bertz CT molecular complexity index is 963. The van der Waals surface area contributed by atoms with E-state index in [0.29, 0.717) is 9.47 Å². The van der Waals surface area contributed by atoms with E-state index in [-0.39, 0.29) is 0 Å². The second-order valence-corrected chi connectivity index (χ2v) is 8.33. The largest absolute Gasteiger partial charge is 0.457 e. The fourth-order valence-corrected chi connectivity index (χ4v) is 4.06. The average molecular weight is 430 g/mol. The van der Waals surface area contributed by atoms with Crippen LogP contribution in [0.25, 0.3) is 0 Å². The summed E-state index contributed by atoms with van der Waals surface area (Å²) in [5.41, 5.74) is 0.837. The highest BCUT2D eigenvalue weighted by atomic mass is 32.2. The molecular weight excluding hydrogens is 410 g/mol. The summed E-state index contributed by atoms with van der Waals surface area (Å²) in [6.45, 7) is 1.70. The number of aromatic nitrogens is 2. The summed E-state index contributed by atoms with van der Waals surface area (Å²) in [6, 6.07) is 16.5. The molecule has 0 aliphatic rings. The predicted molar refractivity (Wildman–Crippen MR) is 114 cm³/mol. The molecule has 1 atom stereocenters. The van der Waals surface area contributed by atoms with Crippen molar-refractivity contribution in [3.8, 4) is 11.5 Å².